The molecule has 1 saturated carbocycles. The highest BCUT2D eigenvalue weighted by Crippen LogP contribution is 2.45. The molecule has 0 bridgehead atoms. The van der Waals surface area contributed by atoms with Gasteiger partial charge in [0.25, 0.3) is 0 Å². The minimum atomic E-state index is 0.172. The van der Waals surface area contributed by atoms with E-state index >= 15 is 0 Å². The molecule has 112 valence electrons. The summed E-state index contributed by atoms with van der Waals surface area (Å²) in [5.74, 6) is 0.666. The Bertz CT molecular complexity index is 439. The van der Waals surface area contributed by atoms with Crippen molar-refractivity contribution in [2.45, 2.75) is 64.1 Å². The molecule has 5 heteroatoms. The molecule has 1 aromatic heterocycles. The highest BCUT2D eigenvalue weighted by atomic mass is 16.5. The molecule has 1 aliphatic heterocycles. The lowest BCUT2D eigenvalue weighted by Crippen LogP contribution is -2.46. The van der Waals surface area contributed by atoms with Crippen LogP contribution in [0.25, 0.3) is 0 Å². The molecule has 3 rings (SSSR count). The lowest BCUT2D eigenvalue weighted by atomic mass is 9.74. The fourth-order valence-corrected chi connectivity index (χ4v) is 3.21. The van der Waals surface area contributed by atoms with Crippen LogP contribution in [0.2, 0.25) is 0 Å². The second kappa shape index (κ2) is 5.82. The van der Waals surface area contributed by atoms with E-state index in [1.807, 2.05) is 0 Å². The van der Waals surface area contributed by atoms with Crippen molar-refractivity contribution in [2.75, 3.05) is 13.2 Å². The Labute approximate surface area is 121 Å². The van der Waals surface area contributed by atoms with Gasteiger partial charge in [0.2, 0.25) is 0 Å². The average molecular weight is 278 g/mol. The summed E-state index contributed by atoms with van der Waals surface area (Å²) in [6, 6.07) is 0.468. The summed E-state index contributed by atoms with van der Waals surface area (Å²) in [7, 11) is 0. The Hall–Kier alpha value is -0.940. The molecule has 1 N–H and O–H groups in total. The fraction of sp³-hybridized carbons (Fsp3) is 0.867. The minimum absolute atomic E-state index is 0.172. The third-order valence-corrected chi connectivity index (χ3v) is 4.52. The SMILES string of the molecule is CC(C)CNCc1cn(C2CCOC3(CCC3)C2)nn1. The van der Waals surface area contributed by atoms with E-state index < -0.39 is 0 Å². The molecule has 0 radical (unpaired) electrons. The Morgan fingerprint density at radius 2 is 2.35 bits per heavy atom. The van der Waals surface area contributed by atoms with E-state index in [2.05, 4.69) is 40.4 Å². The van der Waals surface area contributed by atoms with Gasteiger partial charge in [-0.15, -0.1) is 5.10 Å². The van der Waals surface area contributed by atoms with Crippen LogP contribution in [-0.4, -0.2) is 33.7 Å². The van der Waals surface area contributed by atoms with Crippen LogP contribution in [-0.2, 0) is 11.3 Å². The van der Waals surface area contributed by atoms with E-state index in [0.29, 0.717) is 12.0 Å². The summed E-state index contributed by atoms with van der Waals surface area (Å²) < 4.78 is 8.04. The summed E-state index contributed by atoms with van der Waals surface area (Å²) in [6.45, 7) is 7.12. The molecular weight excluding hydrogens is 252 g/mol. The molecule has 2 heterocycles. The molecular formula is C15H26N4O. The summed E-state index contributed by atoms with van der Waals surface area (Å²) in [5.41, 5.74) is 1.21. The molecule has 2 aliphatic rings. The normalized spacial score (nSPS) is 25.1. The van der Waals surface area contributed by atoms with E-state index in [0.717, 1.165) is 38.2 Å². The van der Waals surface area contributed by atoms with Crippen LogP contribution in [0.5, 0.6) is 0 Å². The van der Waals surface area contributed by atoms with Crippen LogP contribution in [0, 0.1) is 5.92 Å². The molecule has 1 saturated heterocycles. The summed E-state index contributed by atoms with van der Waals surface area (Å²) in [6.07, 6.45) is 8.03. The smallest absolute Gasteiger partial charge is 0.0964 e. The second-order valence-corrected chi connectivity index (χ2v) is 6.75. The zero-order valence-electron chi connectivity index (χ0n) is 12.6. The maximum absolute atomic E-state index is 5.98. The van der Waals surface area contributed by atoms with Gasteiger partial charge >= 0.3 is 0 Å². The van der Waals surface area contributed by atoms with Gasteiger partial charge < -0.3 is 10.1 Å². The van der Waals surface area contributed by atoms with Crippen molar-refractivity contribution in [2.24, 2.45) is 5.92 Å². The van der Waals surface area contributed by atoms with Gasteiger partial charge in [0.15, 0.2) is 0 Å². The summed E-state index contributed by atoms with van der Waals surface area (Å²) in [5, 5.41) is 12.0. The quantitative estimate of drug-likeness (QED) is 0.898. The van der Waals surface area contributed by atoms with Gasteiger partial charge in [-0.25, -0.2) is 4.68 Å². The Morgan fingerprint density at radius 1 is 1.50 bits per heavy atom. The number of hydrogen-bond acceptors (Lipinski definition) is 4. The summed E-state index contributed by atoms with van der Waals surface area (Å²) >= 11 is 0. The van der Waals surface area contributed by atoms with E-state index in [1.165, 1.54) is 19.3 Å². The molecule has 2 fully saturated rings. The van der Waals surface area contributed by atoms with E-state index in [1.54, 1.807) is 0 Å². The van der Waals surface area contributed by atoms with E-state index in [4.69, 9.17) is 4.74 Å². The number of nitrogens with one attached hydrogen (secondary N) is 1. The van der Waals surface area contributed by atoms with Crippen LogP contribution in [0.3, 0.4) is 0 Å². The molecule has 1 spiro atoms. The molecule has 5 nitrogen and oxygen atoms in total. The molecule has 1 aromatic rings. The predicted molar refractivity (Wildman–Crippen MR) is 77.4 cm³/mol. The van der Waals surface area contributed by atoms with Gasteiger partial charge in [-0.2, -0.15) is 0 Å². The number of rotatable bonds is 5. The maximum Gasteiger partial charge on any atom is 0.0964 e. The van der Waals surface area contributed by atoms with Crippen molar-refractivity contribution in [3.8, 4) is 0 Å². The van der Waals surface area contributed by atoms with Crippen molar-refractivity contribution < 1.29 is 4.74 Å². The third-order valence-electron chi connectivity index (χ3n) is 4.52. The fourth-order valence-electron chi connectivity index (χ4n) is 3.21. The lowest BCUT2D eigenvalue weighted by molar-refractivity contribution is -0.141. The molecule has 20 heavy (non-hydrogen) atoms. The zero-order chi connectivity index (χ0) is 14.0. The largest absolute Gasteiger partial charge is 0.375 e. The predicted octanol–water partition coefficient (Wildman–Crippen LogP) is 2.30. The first kappa shape index (κ1) is 14.0. The monoisotopic (exact) mass is 278 g/mol. The third kappa shape index (κ3) is 3.04. The van der Waals surface area contributed by atoms with Crippen molar-refractivity contribution in [3.05, 3.63) is 11.9 Å². The molecule has 0 aromatic carbocycles. The van der Waals surface area contributed by atoms with Crippen molar-refractivity contribution in [1.29, 1.82) is 0 Å². The van der Waals surface area contributed by atoms with E-state index in [9.17, 15) is 0 Å². The van der Waals surface area contributed by atoms with Gasteiger partial charge in [-0.05, 0) is 44.6 Å². The summed E-state index contributed by atoms with van der Waals surface area (Å²) in [4.78, 5) is 0. The highest BCUT2D eigenvalue weighted by Gasteiger charge is 2.43. The van der Waals surface area contributed by atoms with Crippen LogP contribution in [0.1, 0.15) is 57.7 Å². The first-order valence-corrected chi connectivity index (χ1v) is 7.92. The van der Waals surface area contributed by atoms with Crippen molar-refractivity contribution in [1.82, 2.24) is 20.3 Å². The van der Waals surface area contributed by atoms with Gasteiger partial charge in [-0.3, -0.25) is 0 Å². The van der Waals surface area contributed by atoms with Gasteiger partial charge in [0, 0.05) is 13.2 Å². The van der Waals surface area contributed by atoms with E-state index in [-0.39, 0.29) is 5.60 Å². The van der Waals surface area contributed by atoms with Crippen molar-refractivity contribution in [3.63, 3.8) is 0 Å². The van der Waals surface area contributed by atoms with Crippen molar-refractivity contribution >= 4 is 0 Å². The Balaban J connectivity index is 1.56. The zero-order valence-corrected chi connectivity index (χ0v) is 12.6. The average Bonchev–Trinajstić information content (AvgIpc) is 2.85. The van der Waals surface area contributed by atoms with Crippen LogP contribution in [0.15, 0.2) is 6.20 Å². The van der Waals surface area contributed by atoms with Crippen LogP contribution < -0.4 is 5.32 Å². The number of aromatic nitrogens is 3. The van der Waals surface area contributed by atoms with Gasteiger partial charge in [0.05, 0.1) is 23.5 Å². The number of hydrogen-bond donors (Lipinski definition) is 1. The standard InChI is InChI=1S/C15H26N4O/c1-12(2)9-16-10-13-11-19(18-17-13)14-4-7-20-15(8-14)5-3-6-15/h11-12,14,16H,3-10H2,1-2H3. The first-order valence-electron chi connectivity index (χ1n) is 7.92. The second-order valence-electron chi connectivity index (χ2n) is 6.75. The molecule has 0 amide bonds. The minimum Gasteiger partial charge on any atom is -0.375 e. The maximum atomic E-state index is 5.98. The number of ether oxygens (including phenoxy) is 1. The first-order chi connectivity index (χ1) is 9.67. The Morgan fingerprint density at radius 3 is 3.05 bits per heavy atom. The lowest BCUT2D eigenvalue weighted by Gasteiger charge is -2.47. The van der Waals surface area contributed by atoms with Gasteiger partial charge in [0.1, 0.15) is 0 Å². The molecule has 1 unspecified atom stereocenters. The van der Waals surface area contributed by atoms with Crippen LogP contribution in [0.4, 0.5) is 0 Å². The van der Waals surface area contributed by atoms with Crippen LogP contribution >= 0.6 is 0 Å². The van der Waals surface area contributed by atoms with Gasteiger partial charge in [-0.1, -0.05) is 19.1 Å². The number of nitrogens with zero attached hydrogens (tertiary/aromatic N) is 3. The molecule has 1 atom stereocenters. The Kier molecular flexibility index (Phi) is 4.08. The highest BCUT2D eigenvalue weighted by molar-refractivity contribution is 4.98. The topological polar surface area (TPSA) is 52.0 Å². The molecule has 1 aliphatic carbocycles.